The molecule has 146 valence electrons. The molecule has 5 rings (SSSR count). The number of aromatic nitrogens is 1. The van der Waals surface area contributed by atoms with E-state index < -0.39 is 0 Å². The number of carbonyl (C=O) groups is 1. The van der Waals surface area contributed by atoms with Crippen molar-refractivity contribution >= 4 is 33.5 Å². The van der Waals surface area contributed by atoms with Crippen LogP contribution in [-0.2, 0) is 4.79 Å². The molecule has 3 heterocycles. The second kappa shape index (κ2) is 7.85. The molecular formula is C22H21N5OS. The summed E-state index contributed by atoms with van der Waals surface area (Å²) in [5, 5.41) is 13.9. The van der Waals surface area contributed by atoms with Crippen LogP contribution in [-0.4, -0.2) is 34.0 Å². The second-order valence-corrected chi connectivity index (χ2v) is 8.32. The van der Waals surface area contributed by atoms with Crippen molar-refractivity contribution in [3.63, 3.8) is 0 Å². The SMILES string of the molecule is O=C(NC1NN=C(c2ccc3cnccc3c2)S1)[C@@H]1NCC[C@@H]1c1ccccc1. The Hall–Kier alpha value is -2.90. The molecule has 3 atom stereocenters. The molecule has 2 aliphatic rings. The predicted molar refractivity (Wildman–Crippen MR) is 117 cm³/mol. The maximum Gasteiger partial charge on any atom is 0.240 e. The first-order valence-electron chi connectivity index (χ1n) is 9.71. The number of rotatable bonds is 4. The number of hydrogen-bond acceptors (Lipinski definition) is 6. The van der Waals surface area contributed by atoms with Gasteiger partial charge in [0.15, 0.2) is 5.50 Å². The van der Waals surface area contributed by atoms with Crippen molar-refractivity contribution in [1.29, 1.82) is 0 Å². The average Bonchev–Trinajstić information content (AvgIpc) is 3.44. The molecule has 0 saturated carbocycles. The largest absolute Gasteiger partial charge is 0.325 e. The molecule has 3 aromatic rings. The molecule has 29 heavy (non-hydrogen) atoms. The number of hydrazone groups is 1. The number of pyridine rings is 1. The summed E-state index contributed by atoms with van der Waals surface area (Å²) in [5.74, 6) is 0.194. The van der Waals surface area contributed by atoms with Crippen molar-refractivity contribution in [3.05, 3.63) is 78.1 Å². The van der Waals surface area contributed by atoms with E-state index in [2.05, 4.69) is 44.3 Å². The average molecular weight is 404 g/mol. The fourth-order valence-corrected chi connectivity index (χ4v) is 4.82. The van der Waals surface area contributed by atoms with E-state index >= 15 is 0 Å². The van der Waals surface area contributed by atoms with Crippen LogP contribution < -0.4 is 16.1 Å². The summed E-state index contributed by atoms with van der Waals surface area (Å²) in [5.41, 5.74) is 5.00. The van der Waals surface area contributed by atoms with Gasteiger partial charge in [-0.25, -0.2) is 0 Å². The van der Waals surface area contributed by atoms with Gasteiger partial charge in [0.05, 0.1) is 6.04 Å². The first-order chi connectivity index (χ1) is 14.3. The molecule has 1 fully saturated rings. The number of nitrogens with zero attached hydrogens (tertiary/aromatic N) is 2. The molecule has 2 aromatic carbocycles. The minimum absolute atomic E-state index is 0.00221. The number of nitrogens with one attached hydrogen (secondary N) is 3. The van der Waals surface area contributed by atoms with E-state index in [1.165, 1.54) is 17.3 Å². The van der Waals surface area contributed by atoms with Gasteiger partial charge in [0.25, 0.3) is 0 Å². The highest BCUT2D eigenvalue weighted by Crippen LogP contribution is 2.29. The molecule has 1 amide bonds. The Morgan fingerprint density at radius 1 is 1.10 bits per heavy atom. The normalized spacial score (nSPS) is 23.6. The summed E-state index contributed by atoms with van der Waals surface area (Å²) in [4.78, 5) is 17.1. The van der Waals surface area contributed by atoms with Gasteiger partial charge in [-0.05, 0) is 36.0 Å². The smallest absolute Gasteiger partial charge is 0.240 e. The molecule has 1 saturated heterocycles. The van der Waals surface area contributed by atoms with Gasteiger partial charge in [-0.2, -0.15) is 5.10 Å². The Morgan fingerprint density at radius 2 is 2.00 bits per heavy atom. The molecule has 2 aliphatic heterocycles. The fraction of sp³-hybridized carbons (Fsp3) is 0.227. The molecule has 0 spiro atoms. The molecule has 0 aliphatic carbocycles. The number of amides is 1. The molecule has 3 N–H and O–H groups in total. The van der Waals surface area contributed by atoms with Gasteiger partial charge < -0.3 is 10.6 Å². The quantitative estimate of drug-likeness (QED) is 0.624. The first kappa shape index (κ1) is 18.1. The molecule has 0 bridgehead atoms. The minimum atomic E-state index is -0.274. The van der Waals surface area contributed by atoms with Crippen LogP contribution in [0.5, 0.6) is 0 Å². The topological polar surface area (TPSA) is 78.4 Å². The Kier molecular flexibility index (Phi) is 4.91. The summed E-state index contributed by atoms with van der Waals surface area (Å²) in [6.07, 6.45) is 4.59. The highest BCUT2D eigenvalue weighted by Gasteiger charge is 2.35. The molecule has 6 nitrogen and oxygen atoms in total. The Balaban J connectivity index is 1.25. The van der Waals surface area contributed by atoms with Crippen molar-refractivity contribution < 1.29 is 4.79 Å². The van der Waals surface area contributed by atoms with Gasteiger partial charge >= 0.3 is 0 Å². The van der Waals surface area contributed by atoms with Crippen molar-refractivity contribution in [3.8, 4) is 0 Å². The monoisotopic (exact) mass is 403 g/mol. The summed E-state index contributed by atoms with van der Waals surface area (Å²) in [6.45, 7) is 0.844. The summed E-state index contributed by atoms with van der Waals surface area (Å²) in [6, 6.07) is 18.2. The van der Waals surface area contributed by atoms with Crippen LogP contribution in [0.3, 0.4) is 0 Å². The summed E-state index contributed by atoms with van der Waals surface area (Å²) < 4.78 is 0. The van der Waals surface area contributed by atoms with E-state index in [-0.39, 0.29) is 23.4 Å². The summed E-state index contributed by atoms with van der Waals surface area (Å²) >= 11 is 1.52. The Morgan fingerprint density at radius 3 is 2.90 bits per heavy atom. The zero-order chi connectivity index (χ0) is 19.6. The number of carbonyl (C=O) groups excluding carboxylic acids is 1. The molecule has 1 unspecified atom stereocenters. The van der Waals surface area contributed by atoms with E-state index in [9.17, 15) is 4.79 Å². The lowest BCUT2D eigenvalue weighted by Crippen LogP contribution is -2.48. The number of benzene rings is 2. The van der Waals surface area contributed by atoms with Crippen molar-refractivity contribution in [2.24, 2.45) is 5.10 Å². The number of thioether (sulfide) groups is 1. The van der Waals surface area contributed by atoms with Crippen LogP contribution in [0.25, 0.3) is 10.8 Å². The molecular weight excluding hydrogens is 382 g/mol. The third-order valence-electron chi connectivity index (χ3n) is 5.41. The van der Waals surface area contributed by atoms with Crippen LogP contribution in [0.4, 0.5) is 0 Å². The lowest BCUT2D eigenvalue weighted by atomic mass is 9.91. The maximum atomic E-state index is 12.9. The molecule has 1 aromatic heterocycles. The molecule has 7 heteroatoms. The fourth-order valence-electron chi connectivity index (χ4n) is 3.95. The van der Waals surface area contributed by atoms with Gasteiger partial charge in [-0.3, -0.25) is 15.2 Å². The van der Waals surface area contributed by atoms with Gasteiger partial charge in [0, 0.05) is 29.3 Å². The predicted octanol–water partition coefficient (Wildman–Crippen LogP) is 2.78. The lowest BCUT2D eigenvalue weighted by molar-refractivity contribution is -0.123. The lowest BCUT2D eigenvalue weighted by Gasteiger charge is -2.21. The third kappa shape index (κ3) is 3.71. The Labute approximate surface area is 173 Å². The maximum absolute atomic E-state index is 12.9. The van der Waals surface area contributed by atoms with E-state index in [4.69, 9.17) is 0 Å². The van der Waals surface area contributed by atoms with Gasteiger partial charge in [-0.1, -0.05) is 54.2 Å². The molecule has 0 radical (unpaired) electrons. The van der Waals surface area contributed by atoms with Crippen LogP contribution in [0.2, 0.25) is 0 Å². The highest BCUT2D eigenvalue weighted by atomic mass is 32.2. The van der Waals surface area contributed by atoms with Crippen LogP contribution >= 0.6 is 11.8 Å². The zero-order valence-corrected chi connectivity index (χ0v) is 16.5. The number of hydrogen-bond donors (Lipinski definition) is 3. The van der Waals surface area contributed by atoms with E-state index in [1.807, 2.05) is 42.6 Å². The van der Waals surface area contributed by atoms with Crippen LogP contribution in [0.15, 0.2) is 72.1 Å². The first-order valence-corrected chi connectivity index (χ1v) is 10.6. The zero-order valence-electron chi connectivity index (χ0n) is 15.7. The Bertz CT molecular complexity index is 1070. The van der Waals surface area contributed by atoms with Crippen LogP contribution in [0, 0.1) is 0 Å². The van der Waals surface area contributed by atoms with E-state index in [0.29, 0.717) is 0 Å². The number of fused-ring (bicyclic) bond motifs is 1. The van der Waals surface area contributed by atoms with Crippen molar-refractivity contribution in [2.45, 2.75) is 23.9 Å². The standard InChI is InChI=1S/C22H21N5OS/c28-20(19-18(9-11-24-19)14-4-2-1-3-5-14)25-22-27-26-21(29-22)16-6-7-17-13-23-10-8-15(17)12-16/h1-8,10,12-13,18-19,22,24,27H,9,11H2,(H,25,28)/t18-,19-,22?/m1/s1. The van der Waals surface area contributed by atoms with E-state index in [0.717, 1.165) is 34.3 Å². The van der Waals surface area contributed by atoms with Gasteiger partial charge in [0.2, 0.25) is 5.91 Å². The van der Waals surface area contributed by atoms with Crippen molar-refractivity contribution in [2.75, 3.05) is 6.54 Å². The van der Waals surface area contributed by atoms with Gasteiger partial charge in [0.1, 0.15) is 5.04 Å². The minimum Gasteiger partial charge on any atom is -0.325 e. The second-order valence-electron chi connectivity index (χ2n) is 7.23. The van der Waals surface area contributed by atoms with Gasteiger partial charge in [-0.15, -0.1) is 0 Å². The van der Waals surface area contributed by atoms with Crippen molar-refractivity contribution in [1.82, 2.24) is 21.0 Å². The highest BCUT2D eigenvalue weighted by molar-refractivity contribution is 8.15. The third-order valence-corrected chi connectivity index (χ3v) is 6.42. The van der Waals surface area contributed by atoms with Crippen LogP contribution in [0.1, 0.15) is 23.5 Å². The van der Waals surface area contributed by atoms with E-state index in [1.54, 1.807) is 6.20 Å². The summed E-state index contributed by atoms with van der Waals surface area (Å²) in [7, 11) is 0.